The molecule has 32 heavy (non-hydrogen) atoms. The van der Waals surface area contributed by atoms with Gasteiger partial charge in [-0.3, -0.25) is 4.67 Å². The second kappa shape index (κ2) is 10.1. The Hall–Kier alpha value is -1.65. The molecule has 0 N–H and O–H groups in total. The molecule has 1 aliphatic carbocycles. The van der Waals surface area contributed by atoms with Crippen LogP contribution in [0, 0.1) is 0 Å². The van der Waals surface area contributed by atoms with E-state index in [1.165, 1.54) is 36.0 Å². The van der Waals surface area contributed by atoms with Crippen molar-refractivity contribution in [3.05, 3.63) is 72.4 Å². The molecule has 0 saturated carbocycles. The summed E-state index contributed by atoms with van der Waals surface area (Å²) in [7, 11) is 0. The van der Waals surface area contributed by atoms with Gasteiger partial charge >= 0.3 is 0 Å². The number of morpholine rings is 1. The van der Waals surface area contributed by atoms with Crippen LogP contribution in [0.25, 0.3) is 0 Å². The van der Waals surface area contributed by atoms with E-state index in [1.807, 2.05) is 0 Å². The topological polar surface area (TPSA) is 19.0 Å². The number of rotatable bonds is 5. The highest BCUT2D eigenvalue weighted by molar-refractivity contribution is 8.17. The van der Waals surface area contributed by atoms with Gasteiger partial charge in [0, 0.05) is 56.3 Å². The second-order valence-electron chi connectivity index (χ2n) is 8.91. The smallest absolute Gasteiger partial charge is 0.0642 e. The molecule has 0 radical (unpaired) electrons. The lowest BCUT2D eigenvalue weighted by molar-refractivity contribution is 0.0515. The highest BCUT2D eigenvalue weighted by Gasteiger charge is 2.41. The molecule has 5 rings (SSSR count). The highest BCUT2D eigenvalue weighted by atomic mass is 32.4. The number of nitrogens with zero attached hydrogens (tertiary/aromatic N) is 3. The maximum Gasteiger partial charge on any atom is 0.0642 e. The number of allylic oxidation sites excluding steroid dienone is 2. The van der Waals surface area contributed by atoms with Gasteiger partial charge in [0.25, 0.3) is 0 Å². The number of ether oxygens (including phenoxy) is 1. The Bertz CT molecular complexity index is 954. The van der Waals surface area contributed by atoms with Gasteiger partial charge in [-0.25, -0.2) is 0 Å². The third kappa shape index (κ3) is 4.41. The van der Waals surface area contributed by atoms with E-state index >= 15 is 0 Å². The minimum absolute atomic E-state index is 0.440. The summed E-state index contributed by atoms with van der Waals surface area (Å²) in [5.41, 5.74) is 3.28. The normalized spacial score (nSPS) is 24.6. The first-order valence-corrected chi connectivity index (χ1v) is 14.8. The molecule has 2 heterocycles. The molecule has 2 unspecified atom stereocenters. The molecule has 2 aliphatic heterocycles. The van der Waals surface area contributed by atoms with Crippen molar-refractivity contribution in [3.63, 3.8) is 0 Å². The summed E-state index contributed by atoms with van der Waals surface area (Å²) in [5, 5.41) is 1.38. The van der Waals surface area contributed by atoms with E-state index in [1.54, 1.807) is 0 Å². The number of anilines is 1. The van der Waals surface area contributed by atoms with Crippen LogP contribution in [0.4, 0.5) is 5.69 Å². The molecule has 2 saturated heterocycles. The Morgan fingerprint density at radius 3 is 2.12 bits per heavy atom. The minimum Gasteiger partial charge on any atom is -0.378 e. The predicted octanol–water partition coefficient (Wildman–Crippen LogP) is 4.30. The van der Waals surface area contributed by atoms with Gasteiger partial charge in [0.1, 0.15) is 0 Å². The molecule has 4 nitrogen and oxygen atoms in total. The lowest BCUT2D eigenvalue weighted by Gasteiger charge is -2.49. The van der Waals surface area contributed by atoms with Crippen LogP contribution in [0.1, 0.15) is 19.3 Å². The van der Waals surface area contributed by atoms with Gasteiger partial charge in [0.05, 0.1) is 19.4 Å². The number of hydrogen-bond acceptors (Lipinski definition) is 4. The summed E-state index contributed by atoms with van der Waals surface area (Å²) in [5.74, 6) is 0. The van der Waals surface area contributed by atoms with Crippen LogP contribution in [0.3, 0.4) is 0 Å². The fourth-order valence-corrected chi connectivity index (χ4v) is 10.5. The maximum absolute atomic E-state index is 6.83. The standard InChI is InChI=1S/C26H34N3OPS/c32-31(24-11-5-2-6-12-24,26-14-8-7-13-25(26)28-19-21-30-22-20-28)29-17-15-27(16-18-29)23-9-3-1-4-10-23/h1-6,9-13,26H,7-8,14-22H2. The number of benzene rings is 2. The lowest BCUT2D eigenvalue weighted by Crippen LogP contribution is -2.49. The first kappa shape index (κ1) is 22.2. The number of piperazine rings is 1. The maximum atomic E-state index is 6.83. The van der Waals surface area contributed by atoms with Crippen LogP contribution >= 0.6 is 6.19 Å². The molecular formula is C26H34N3OPS. The van der Waals surface area contributed by atoms with E-state index < -0.39 is 6.19 Å². The molecule has 170 valence electrons. The molecule has 0 amide bonds. The highest BCUT2D eigenvalue weighted by Crippen LogP contribution is 2.59. The monoisotopic (exact) mass is 467 g/mol. The molecule has 6 heteroatoms. The van der Waals surface area contributed by atoms with E-state index in [0.29, 0.717) is 5.66 Å². The van der Waals surface area contributed by atoms with Crippen molar-refractivity contribution in [2.24, 2.45) is 0 Å². The lowest BCUT2D eigenvalue weighted by atomic mass is 10.0. The summed E-state index contributed by atoms with van der Waals surface area (Å²) in [6.45, 7) is 7.80. The molecule has 0 aromatic heterocycles. The van der Waals surface area contributed by atoms with E-state index in [-0.39, 0.29) is 0 Å². The van der Waals surface area contributed by atoms with Crippen molar-refractivity contribution in [1.29, 1.82) is 0 Å². The van der Waals surface area contributed by atoms with Crippen molar-refractivity contribution in [1.82, 2.24) is 9.57 Å². The molecule has 2 atom stereocenters. The quantitative estimate of drug-likeness (QED) is 0.609. The minimum atomic E-state index is -1.97. The largest absolute Gasteiger partial charge is 0.378 e. The van der Waals surface area contributed by atoms with E-state index in [4.69, 9.17) is 16.5 Å². The van der Waals surface area contributed by atoms with E-state index in [0.717, 1.165) is 52.5 Å². The summed E-state index contributed by atoms with van der Waals surface area (Å²) >= 11 is 6.83. The van der Waals surface area contributed by atoms with Crippen LogP contribution in [-0.4, -0.2) is 67.7 Å². The van der Waals surface area contributed by atoms with Crippen LogP contribution in [-0.2, 0) is 16.5 Å². The van der Waals surface area contributed by atoms with E-state index in [9.17, 15) is 0 Å². The molecule has 3 aliphatic rings. The Morgan fingerprint density at radius 2 is 1.44 bits per heavy atom. The first-order chi connectivity index (χ1) is 15.8. The van der Waals surface area contributed by atoms with Crippen LogP contribution in [0.15, 0.2) is 72.4 Å². The molecule has 2 fully saturated rings. The second-order valence-corrected chi connectivity index (χ2v) is 13.5. The van der Waals surface area contributed by atoms with Crippen LogP contribution < -0.4 is 10.2 Å². The average molecular weight is 468 g/mol. The summed E-state index contributed by atoms with van der Waals surface area (Å²) in [4.78, 5) is 5.10. The van der Waals surface area contributed by atoms with Gasteiger partial charge in [-0.05, 0) is 36.7 Å². The molecule has 2 aromatic rings. The molecule has 2 aromatic carbocycles. The zero-order valence-electron chi connectivity index (χ0n) is 18.8. The number of para-hydroxylation sites is 1. The van der Waals surface area contributed by atoms with Crippen molar-refractivity contribution >= 4 is 29.0 Å². The Balaban J connectivity index is 1.45. The van der Waals surface area contributed by atoms with Gasteiger partial charge < -0.3 is 14.5 Å². The van der Waals surface area contributed by atoms with Crippen molar-refractivity contribution in [2.45, 2.75) is 24.9 Å². The van der Waals surface area contributed by atoms with Crippen molar-refractivity contribution < 1.29 is 4.74 Å². The van der Waals surface area contributed by atoms with Gasteiger partial charge in [0.2, 0.25) is 0 Å². The Labute approximate surface area is 197 Å². The average Bonchev–Trinajstić information content (AvgIpc) is 2.90. The van der Waals surface area contributed by atoms with Crippen molar-refractivity contribution in [2.75, 3.05) is 57.4 Å². The van der Waals surface area contributed by atoms with Gasteiger partial charge in [-0.15, -0.1) is 0 Å². The molecule has 0 spiro atoms. The van der Waals surface area contributed by atoms with Gasteiger partial charge in [-0.2, -0.15) is 0 Å². The predicted molar refractivity (Wildman–Crippen MR) is 139 cm³/mol. The van der Waals surface area contributed by atoms with Gasteiger partial charge in [0.15, 0.2) is 0 Å². The van der Waals surface area contributed by atoms with Crippen LogP contribution in [0.5, 0.6) is 0 Å². The summed E-state index contributed by atoms with van der Waals surface area (Å²) in [6, 6.07) is 21.9. The number of hydrogen-bond donors (Lipinski definition) is 0. The van der Waals surface area contributed by atoms with Crippen LogP contribution in [0.2, 0.25) is 0 Å². The SMILES string of the molecule is S=P(c1ccccc1)(C1CCCC=C1N1CCOCC1)N1CCN(c2ccccc2)CC1. The fraction of sp³-hybridized carbons (Fsp3) is 0.462. The van der Waals surface area contributed by atoms with E-state index in [2.05, 4.69) is 81.2 Å². The Kier molecular flexibility index (Phi) is 6.99. The first-order valence-electron chi connectivity index (χ1n) is 12.0. The summed E-state index contributed by atoms with van der Waals surface area (Å²) in [6.07, 6.45) is 4.15. The summed E-state index contributed by atoms with van der Waals surface area (Å²) < 4.78 is 8.37. The molecular weight excluding hydrogens is 433 g/mol. The third-order valence-electron chi connectivity index (χ3n) is 7.10. The Morgan fingerprint density at radius 1 is 0.781 bits per heavy atom. The fourth-order valence-electron chi connectivity index (χ4n) is 5.43. The zero-order valence-corrected chi connectivity index (χ0v) is 20.5. The van der Waals surface area contributed by atoms with Gasteiger partial charge in [-0.1, -0.05) is 66.4 Å². The molecule has 0 bridgehead atoms. The third-order valence-corrected chi connectivity index (χ3v) is 12.8. The van der Waals surface area contributed by atoms with Crippen molar-refractivity contribution in [3.8, 4) is 0 Å². The zero-order chi connectivity index (χ0) is 21.8.